The third-order valence-corrected chi connectivity index (χ3v) is 1.53. The number of fused-ring (bicyclic) bond motifs is 1. The minimum absolute atomic E-state index is 0.590. The van der Waals surface area contributed by atoms with Crippen LogP contribution in [0.15, 0.2) is 18.5 Å². The van der Waals surface area contributed by atoms with Gasteiger partial charge in [0.15, 0.2) is 5.82 Å². The lowest BCUT2D eigenvalue weighted by Crippen LogP contribution is -2.08. The van der Waals surface area contributed by atoms with Gasteiger partial charge in [0, 0.05) is 25.0 Å². The summed E-state index contributed by atoms with van der Waals surface area (Å²) < 4.78 is 1.85. The highest BCUT2D eigenvalue weighted by molar-refractivity contribution is 5.98. The van der Waals surface area contributed by atoms with Crippen molar-refractivity contribution in [3.8, 4) is 0 Å². The molecule has 10 heavy (non-hydrogen) atoms. The molecule has 0 radical (unpaired) electrons. The fourth-order valence-electron chi connectivity index (χ4n) is 1.04. The van der Waals surface area contributed by atoms with E-state index >= 15 is 0 Å². The molecule has 2 rings (SSSR count). The second-order valence-corrected chi connectivity index (χ2v) is 2.23. The van der Waals surface area contributed by atoms with E-state index in [1.807, 2.05) is 23.0 Å². The largest absolute Gasteiger partial charge is 0.306 e. The maximum Gasteiger partial charge on any atom is 0.158 e. The lowest BCUT2D eigenvalue weighted by Gasteiger charge is -2.06. The molecular formula is C7H7N3. The molecule has 1 aromatic heterocycles. The van der Waals surface area contributed by atoms with Crippen LogP contribution in [0.2, 0.25) is 0 Å². The molecule has 0 unspecified atom stereocenters. The van der Waals surface area contributed by atoms with Crippen molar-refractivity contribution in [2.24, 2.45) is 0 Å². The van der Waals surface area contributed by atoms with Crippen molar-refractivity contribution in [2.45, 2.75) is 6.42 Å². The van der Waals surface area contributed by atoms with Crippen molar-refractivity contribution >= 4 is 11.9 Å². The molecule has 0 fully saturated rings. The van der Waals surface area contributed by atoms with Gasteiger partial charge in [0.2, 0.25) is 0 Å². The normalized spacial score (nSPS) is 15.4. The summed E-state index contributed by atoms with van der Waals surface area (Å²) in [6, 6.07) is 0. The number of imidazole rings is 1. The molecule has 0 amide bonds. The fourth-order valence-corrected chi connectivity index (χ4v) is 1.04. The number of aromatic nitrogens is 2. The van der Waals surface area contributed by atoms with Crippen LogP contribution in [0.25, 0.3) is 6.20 Å². The third kappa shape index (κ3) is 0.603. The fraction of sp³-hybridized carbons (Fsp3) is 0.143. The molecule has 0 aliphatic carbocycles. The Morgan fingerprint density at radius 1 is 1.60 bits per heavy atom. The zero-order valence-electron chi connectivity index (χ0n) is 5.41. The monoisotopic (exact) mass is 133 g/mol. The molecule has 2 heterocycles. The smallest absolute Gasteiger partial charge is 0.158 e. The zero-order chi connectivity index (χ0) is 6.97. The van der Waals surface area contributed by atoms with E-state index in [-0.39, 0.29) is 0 Å². The van der Waals surface area contributed by atoms with E-state index in [9.17, 15) is 0 Å². The third-order valence-electron chi connectivity index (χ3n) is 1.53. The summed E-state index contributed by atoms with van der Waals surface area (Å²) in [7, 11) is 0. The number of allylic oxidation sites excluding steroid dienone is 1. The molecule has 50 valence electrons. The van der Waals surface area contributed by atoms with E-state index in [1.54, 1.807) is 6.20 Å². The van der Waals surface area contributed by atoms with E-state index < -0.39 is 0 Å². The van der Waals surface area contributed by atoms with Crippen molar-refractivity contribution in [3.63, 3.8) is 0 Å². The topological polar surface area (TPSA) is 41.7 Å². The Labute approximate surface area is 58.5 Å². The summed E-state index contributed by atoms with van der Waals surface area (Å²) in [4.78, 5) is 4.02. The van der Waals surface area contributed by atoms with Crippen molar-refractivity contribution in [1.82, 2.24) is 9.55 Å². The molecule has 0 atom stereocenters. The Hall–Kier alpha value is -1.38. The van der Waals surface area contributed by atoms with Crippen molar-refractivity contribution in [1.29, 1.82) is 5.41 Å². The van der Waals surface area contributed by atoms with Crippen LogP contribution in [0.1, 0.15) is 12.2 Å². The summed E-state index contributed by atoms with van der Waals surface area (Å²) >= 11 is 0. The van der Waals surface area contributed by atoms with Gasteiger partial charge in [-0.15, -0.1) is 0 Å². The van der Waals surface area contributed by atoms with Crippen molar-refractivity contribution in [3.05, 3.63) is 24.3 Å². The molecule has 0 saturated heterocycles. The average molecular weight is 133 g/mol. The van der Waals surface area contributed by atoms with Gasteiger partial charge in [0.05, 0.1) is 5.71 Å². The Morgan fingerprint density at radius 2 is 2.50 bits per heavy atom. The Kier molecular flexibility index (Phi) is 0.974. The Bertz CT molecular complexity index is 296. The summed E-state index contributed by atoms with van der Waals surface area (Å²) in [6.07, 6.45) is 8.15. The molecular weight excluding hydrogens is 126 g/mol. The molecule has 0 saturated carbocycles. The van der Waals surface area contributed by atoms with E-state index in [1.165, 1.54) is 0 Å². The lowest BCUT2D eigenvalue weighted by molar-refractivity contribution is 1.06. The lowest BCUT2D eigenvalue weighted by atomic mass is 10.2. The Morgan fingerprint density at radius 3 is 3.30 bits per heavy atom. The highest BCUT2D eigenvalue weighted by Gasteiger charge is 2.08. The van der Waals surface area contributed by atoms with Gasteiger partial charge < -0.3 is 9.98 Å². The summed E-state index contributed by atoms with van der Waals surface area (Å²) in [5.74, 6) is 0.766. The van der Waals surface area contributed by atoms with Crippen LogP contribution in [0.4, 0.5) is 0 Å². The van der Waals surface area contributed by atoms with Crippen molar-refractivity contribution in [2.75, 3.05) is 0 Å². The van der Waals surface area contributed by atoms with Crippen LogP contribution in [0.3, 0.4) is 0 Å². The first-order valence-corrected chi connectivity index (χ1v) is 3.15. The maximum absolute atomic E-state index is 7.45. The van der Waals surface area contributed by atoms with Crippen LogP contribution in [-0.2, 0) is 0 Å². The number of hydrogen-bond acceptors (Lipinski definition) is 2. The van der Waals surface area contributed by atoms with Gasteiger partial charge in [-0.3, -0.25) is 0 Å². The molecule has 0 bridgehead atoms. The quantitative estimate of drug-likeness (QED) is 0.566. The van der Waals surface area contributed by atoms with Gasteiger partial charge in [-0.25, -0.2) is 4.98 Å². The molecule has 1 aliphatic rings. The molecule has 1 aliphatic heterocycles. The standard InChI is InChI=1S/C7H7N3/c8-6-2-1-4-10-5-3-9-7(6)10/h1,3-5,8H,2H2. The van der Waals surface area contributed by atoms with Gasteiger partial charge in [-0.2, -0.15) is 0 Å². The van der Waals surface area contributed by atoms with E-state index in [0.717, 1.165) is 5.82 Å². The van der Waals surface area contributed by atoms with Crippen LogP contribution in [-0.4, -0.2) is 15.3 Å². The first kappa shape index (κ1) is 5.41. The van der Waals surface area contributed by atoms with Gasteiger partial charge in [0.1, 0.15) is 0 Å². The van der Waals surface area contributed by atoms with E-state index in [4.69, 9.17) is 5.41 Å². The maximum atomic E-state index is 7.45. The molecule has 3 nitrogen and oxygen atoms in total. The predicted octanol–water partition coefficient (Wildman–Crippen LogP) is 1.13. The molecule has 3 heteroatoms. The first-order chi connectivity index (χ1) is 4.88. The minimum atomic E-state index is 0.590. The van der Waals surface area contributed by atoms with Gasteiger partial charge in [0.25, 0.3) is 0 Å². The van der Waals surface area contributed by atoms with Crippen molar-refractivity contribution < 1.29 is 0 Å². The van der Waals surface area contributed by atoms with Crippen LogP contribution in [0.5, 0.6) is 0 Å². The van der Waals surface area contributed by atoms with Crippen LogP contribution in [0, 0.1) is 5.41 Å². The zero-order valence-corrected chi connectivity index (χ0v) is 5.41. The molecule has 1 N–H and O–H groups in total. The highest BCUT2D eigenvalue weighted by Crippen LogP contribution is 2.08. The summed E-state index contributed by atoms with van der Waals surface area (Å²) in [5.41, 5.74) is 0.590. The number of nitrogens with zero attached hydrogens (tertiary/aromatic N) is 2. The van der Waals surface area contributed by atoms with Gasteiger partial charge in [-0.1, -0.05) is 6.08 Å². The van der Waals surface area contributed by atoms with Gasteiger partial charge >= 0.3 is 0 Å². The highest BCUT2D eigenvalue weighted by atomic mass is 15.1. The average Bonchev–Trinajstić information content (AvgIpc) is 2.36. The second kappa shape index (κ2) is 1.80. The minimum Gasteiger partial charge on any atom is -0.306 e. The number of nitrogens with one attached hydrogen (secondary N) is 1. The van der Waals surface area contributed by atoms with E-state index in [0.29, 0.717) is 12.1 Å². The first-order valence-electron chi connectivity index (χ1n) is 3.15. The van der Waals surface area contributed by atoms with E-state index in [2.05, 4.69) is 4.98 Å². The Balaban J connectivity index is 2.62. The summed E-state index contributed by atoms with van der Waals surface area (Å²) in [5, 5.41) is 7.45. The van der Waals surface area contributed by atoms with Gasteiger partial charge in [-0.05, 0) is 0 Å². The number of rotatable bonds is 0. The second-order valence-electron chi connectivity index (χ2n) is 2.23. The van der Waals surface area contributed by atoms with Crippen LogP contribution >= 0.6 is 0 Å². The molecule has 0 spiro atoms. The SMILES string of the molecule is N=C1CC=Cn2ccnc21. The predicted molar refractivity (Wildman–Crippen MR) is 39.0 cm³/mol. The van der Waals surface area contributed by atoms with Crippen LogP contribution < -0.4 is 0 Å². The molecule has 1 aromatic rings. The molecule has 0 aromatic carbocycles. The summed E-state index contributed by atoms with van der Waals surface area (Å²) in [6.45, 7) is 0. The number of hydrogen-bond donors (Lipinski definition) is 1.